The van der Waals surface area contributed by atoms with Gasteiger partial charge in [0.15, 0.2) is 11.5 Å². The van der Waals surface area contributed by atoms with Gasteiger partial charge in [-0.15, -0.1) is 0 Å². The fraction of sp³-hybridized carbons (Fsp3) is 0.667. The van der Waals surface area contributed by atoms with Crippen LogP contribution < -0.4 is 11.5 Å². The number of nitrogens with two attached hydrogens (primary N) is 2. The maximum atomic E-state index is 12.6. The van der Waals surface area contributed by atoms with Gasteiger partial charge < -0.3 is 35.1 Å². The van der Waals surface area contributed by atoms with E-state index in [1.165, 1.54) is 12.7 Å². The standard InChI is InChI=1S/C21H35N6O8P/c1-20(2,3)33-18(28)15(19(29)34-21(4,5)6)35-36(30,31)12-32-8-7-13(9-22)27-11-26-14-16(23)24-10-25-17(14)27/h10-11,13,15H,7-9,12,22H2,1-6H3,(H,30,31)(H2,23,24,25). The molecule has 0 spiro atoms. The number of ether oxygens (including phenoxy) is 3. The van der Waals surface area contributed by atoms with Crippen LogP contribution in [0.2, 0.25) is 0 Å². The van der Waals surface area contributed by atoms with Crippen LogP contribution in [0.1, 0.15) is 54.0 Å². The van der Waals surface area contributed by atoms with Crippen molar-refractivity contribution in [3.05, 3.63) is 12.7 Å². The van der Waals surface area contributed by atoms with Crippen molar-refractivity contribution in [2.24, 2.45) is 5.73 Å². The van der Waals surface area contributed by atoms with E-state index >= 15 is 0 Å². The van der Waals surface area contributed by atoms with Gasteiger partial charge in [0, 0.05) is 13.2 Å². The average molecular weight is 531 g/mol. The first-order chi connectivity index (χ1) is 16.5. The average Bonchev–Trinajstić information content (AvgIpc) is 3.15. The summed E-state index contributed by atoms with van der Waals surface area (Å²) in [5.74, 6) is -2.07. The number of rotatable bonds is 11. The van der Waals surface area contributed by atoms with Gasteiger partial charge in [-0.2, -0.15) is 0 Å². The van der Waals surface area contributed by atoms with Crippen LogP contribution in [0.5, 0.6) is 0 Å². The summed E-state index contributed by atoms with van der Waals surface area (Å²) in [6.45, 7) is 9.68. The molecule has 0 aliphatic heterocycles. The summed E-state index contributed by atoms with van der Waals surface area (Å²) in [7, 11) is -4.57. The van der Waals surface area contributed by atoms with Crippen LogP contribution in [0, 0.1) is 0 Å². The molecule has 15 heteroatoms. The second kappa shape index (κ2) is 11.6. The Hall–Kier alpha value is -2.64. The molecule has 2 unspecified atom stereocenters. The SMILES string of the molecule is CC(C)(C)OC(=O)C(OP(=O)(O)COCCC(CN)n1cnc2c(N)ncnc21)C(=O)OC(C)(C)C. The van der Waals surface area contributed by atoms with Crippen molar-refractivity contribution >= 4 is 36.5 Å². The summed E-state index contributed by atoms with van der Waals surface area (Å²) in [5, 5.41) is 0. The molecule has 0 aromatic carbocycles. The van der Waals surface area contributed by atoms with E-state index in [2.05, 4.69) is 15.0 Å². The molecular formula is C21H35N6O8P. The molecule has 2 rings (SSSR count). The van der Waals surface area contributed by atoms with Crippen LogP contribution in [0.25, 0.3) is 11.2 Å². The topological polar surface area (TPSA) is 204 Å². The van der Waals surface area contributed by atoms with Crippen molar-refractivity contribution in [2.45, 2.75) is 71.3 Å². The quantitative estimate of drug-likeness (QED) is 0.163. The van der Waals surface area contributed by atoms with E-state index in [9.17, 15) is 19.0 Å². The smallest absolute Gasteiger partial charge is 0.354 e. The summed E-state index contributed by atoms with van der Waals surface area (Å²) < 4.78 is 35.0. The lowest BCUT2D eigenvalue weighted by Gasteiger charge is -2.27. The Morgan fingerprint density at radius 2 is 1.67 bits per heavy atom. The summed E-state index contributed by atoms with van der Waals surface area (Å²) >= 11 is 0. The third-order valence-corrected chi connectivity index (χ3v) is 5.46. The second-order valence-corrected chi connectivity index (χ2v) is 11.7. The predicted molar refractivity (Wildman–Crippen MR) is 130 cm³/mol. The number of carbonyl (C=O) groups excluding carboxylic acids is 2. The Kier molecular flexibility index (Phi) is 9.54. The normalized spacial score (nSPS) is 15.0. The molecule has 2 heterocycles. The van der Waals surface area contributed by atoms with Gasteiger partial charge in [-0.1, -0.05) is 0 Å². The summed E-state index contributed by atoms with van der Waals surface area (Å²) in [5.41, 5.74) is 10.7. The zero-order chi connectivity index (χ0) is 27.3. The Morgan fingerprint density at radius 3 is 2.19 bits per heavy atom. The summed E-state index contributed by atoms with van der Waals surface area (Å²) in [6, 6.07) is -0.306. The number of esters is 2. The van der Waals surface area contributed by atoms with Crippen molar-refractivity contribution in [2.75, 3.05) is 25.2 Å². The highest BCUT2D eigenvalue weighted by Gasteiger charge is 2.41. The Morgan fingerprint density at radius 1 is 1.08 bits per heavy atom. The fourth-order valence-corrected chi connectivity index (χ4v) is 3.92. The minimum Gasteiger partial charge on any atom is -0.458 e. The van der Waals surface area contributed by atoms with E-state index < -0.39 is 43.2 Å². The molecule has 2 aromatic rings. The van der Waals surface area contributed by atoms with Gasteiger partial charge in [0.2, 0.25) is 0 Å². The van der Waals surface area contributed by atoms with E-state index in [1.54, 1.807) is 46.1 Å². The number of nitrogen functional groups attached to an aromatic ring is 1. The third-order valence-electron chi connectivity index (χ3n) is 4.41. The molecule has 0 saturated heterocycles. The second-order valence-electron chi connectivity index (χ2n) is 9.99. The Labute approximate surface area is 209 Å². The van der Waals surface area contributed by atoms with E-state index in [-0.39, 0.29) is 25.0 Å². The molecule has 0 aliphatic rings. The largest absolute Gasteiger partial charge is 0.458 e. The highest BCUT2D eigenvalue weighted by molar-refractivity contribution is 7.52. The zero-order valence-corrected chi connectivity index (χ0v) is 22.2. The van der Waals surface area contributed by atoms with E-state index in [1.807, 2.05) is 0 Å². The van der Waals surface area contributed by atoms with Gasteiger partial charge in [-0.05, 0) is 48.0 Å². The first-order valence-electron chi connectivity index (χ1n) is 11.2. The number of nitrogens with zero attached hydrogens (tertiary/aromatic N) is 4. The third kappa shape index (κ3) is 8.79. The molecule has 2 aromatic heterocycles. The van der Waals surface area contributed by atoms with Crippen molar-refractivity contribution in [1.29, 1.82) is 0 Å². The van der Waals surface area contributed by atoms with Crippen LogP contribution in [-0.4, -0.2) is 73.2 Å². The van der Waals surface area contributed by atoms with Crippen molar-refractivity contribution in [3.63, 3.8) is 0 Å². The molecule has 36 heavy (non-hydrogen) atoms. The minimum atomic E-state index is -4.57. The number of hydrogen-bond donors (Lipinski definition) is 3. The van der Waals surface area contributed by atoms with Crippen molar-refractivity contribution in [3.8, 4) is 0 Å². The number of aromatic nitrogens is 4. The molecule has 5 N–H and O–H groups in total. The molecule has 0 radical (unpaired) electrons. The molecule has 0 fully saturated rings. The minimum absolute atomic E-state index is 0.000439. The lowest BCUT2D eigenvalue weighted by molar-refractivity contribution is -0.179. The summed E-state index contributed by atoms with van der Waals surface area (Å²) in [6.07, 6.45) is 0.312. The molecule has 0 aliphatic carbocycles. The molecule has 0 saturated carbocycles. The van der Waals surface area contributed by atoms with Crippen LogP contribution in [0.3, 0.4) is 0 Å². The molecule has 14 nitrogen and oxygen atoms in total. The fourth-order valence-electron chi connectivity index (χ4n) is 3.00. The van der Waals surface area contributed by atoms with Gasteiger partial charge in [0.05, 0.1) is 12.4 Å². The Balaban J connectivity index is 2.02. The van der Waals surface area contributed by atoms with Crippen LogP contribution in [0.15, 0.2) is 12.7 Å². The van der Waals surface area contributed by atoms with E-state index in [4.69, 9.17) is 30.2 Å². The van der Waals surface area contributed by atoms with Gasteiger partial charge in [0.1, 0.15) is 29.4 Å². The number of fused-ring (bicyclic) bond motifs is 1. The van der Waals surface area contributed by atoms with E-state index in [0.717, 1.165) is 0 Å². The van der Waals surface area contributed by atoms with Gasteiger partial charge in [-0.3, -0.25) is 9.09 Å². The predicted octanol–water partition coefficient (Wildman–Crippen LogP) is 1.53. The highest BCUT2D eigenvalue weighted by atomic mass is 31.2. The maximum Gasteiger partial charge on any atom is 0.354 e. The number of anilines is 1. The van der Waals surface area contributed by atoms with Crippen molar-refractivity contribution in [1.82, 2.24) is 19.5 Å². The Bertz CT molecular complexity index is 1080. The molecule has 0 amide bonds. The van der Waals surface area contributed by atoms with Gasteiger partial charge >= 0.3 is 19.5 Å². The molecule has 0 bridgehead atoms. The highest BCUT2D eigenvalue weighted by Crippen LogP contribution is 2.44. The van der Waals surface area contributed by atoms with Crippen LogP contribution in [0.4, 0.5) is 5.82 Å². The van der Waals surface area contributed by atoms with Gasteiger partial charge in [0.25, 0.3) is 6.10 Å². The van der Waals surface area contributed by atoms with Gasteiger partial charge in [-0.25, -0.2) is 24.5 Å². The van der Waals surface area contributed by atoms with E-state index in [0.29, 0.717) is 17.6 Å². The summed E-state index contributed by atoms with van der Waals surface area (Å²) in [4.78, 5) is 47.6. The molecular weight excluding hydrogens is 495 g/mol. The zero-order valence-electron chi connectivity index (χ0n) is 21.3. The van der Waals surface area contributed by atoms with Crippen LogP contribution in [-0.2, 0) is 32.9 Å². The maximum absolute atomic E-state index is 12.6. The number of hydrogen-bond acceptors (Lipinski definition) is 12. The van der Waals surface area contributed by atoms with Crippen LogP contribution >= 0.6 is 7.60 Å². The number of carbonyl (C=O) groups is 2. The van der Waals surface area contributed by atoms with Crippen molar-refractivity contribution < 1.29 is 37.8 Å². The lowest BCUT2D eigenvalue weighted by atomic mass is 10.2. The first-order valence-corrected chi connectivity index (χ1v) is 13.0. The lowest BCUT2D eigenvalue weighted by Crippen LogP contribution is -2.42. The molecule has 2 atom stereocenters. The number of imidazole rings is 1. The monoisotopic (exact) mass is 530 g/mol. The molecule has 202 valence electrons. The first kappa shape index (κ1) is 29.6.